The molecule has 0 bridgehead atoms. The van der Waals surface area contributed by atoms with E-state index in [4.69, 9.17) is 4.42 Å². The van der Waals surface area contributed by atoms with Gasteiger partial charge >= 0.3 is 0 Å². The molecule has 4 aromatic rings. The second kappa shape index (κ2) is 9.75. The zero-order valence-electron chi connectivity index (χ0n) is 18.4. The summed E-state index contributed by atoms with van der Waals surface area (Å²) >= 11 is 0. The van der Waals surface area contributed by atoms with Crippen molar-refractivity contribution in [3.8, 4) is 17.1 Å². The van der Waals surface area contributed by atoms with Gasteiger partial charge < -0.3 is 14.6 Å². The van der Waals surface area contributed by atoms with Crippen LogP contribution < -0.4 is 10.2 Å². The molecule has 0 spiro atoms. The Bertz CT molecular complexity index is 1180. The smallest absolute Gasteiger partial charge is 0.225 e. The number of rotatable bonds is 7. The van der Waals surface area contributed by atoms with Gasteiger partial charge in [0.15, 0.2) is 5.76 Å². The van der Waals surface area contributed by atoms with Crippen molar-refractivity contribution in [3.63, 3.8) is 0 Å². The second-order valence-corrected chi connectivity index (χ2v) is 8.18. The van der Waals surface area contributed by atoms with Gasteiger partial charge in [0.2, 0.25) is 5.91 Å². The predicted molar refractivity (Wildman–Crippen MR) is 128 cm³/mol. The molecule has 7 nitrogen and oxygen atoms in total. The summed E-state index contributed by atoms with van der Waals surface area (Å²) < 4.78 is 7.48. The molecule has 1 N–H and O–H groups in total. The Balaban J connectivity index is 1.10. The number of nitrogens with one attached hydrogen (secondary N) is 1. The summed E-state index contributed by atoms with van der Waals surface area (Å²) in [6, 6.07) is 24.2. The van der Waals surface area contributed by atoms with Crippen molar-refractivity contribution in [1.29, 1.82) is 0 Å². The van der Waals surface area contributed by atoms with Gasteiger partial charge in [-0.05, 0) is 36.4 Å². The van der Waals surface area contributed by atoms with E-state index in [1.807, 2.05) is 59.4 Å². The number of nitrogens with zero attached hydrogens (tertiary/aromatic N) is 4. The van der Waals surface area contributed by atoms with E-state index in [0.717, 1.165) is 43.1 Å². The molecular weight excluding hydrogens is 414 g/mol. The van der Waals surface area contributed by atoms with Gasteiger partial charge in [-0.25, -0.2) is 4.68 Å². The normalized spacial score (nSPS) is 14.4. The highest BCUT2D eigenvalue weighted by molar-refractivity contribution is 5.78. The van der Waals surface area contributed by atoms with E-state index < -0.39 is 0 Å². The predicted octanol–water partition coefficient (Wildman–Crippen LogP) is 3.57. The molecule has 168 valence electrons. The van der Waals surface area contributed by atoms with E-state index >= 15 is 0 Å². The zero-order valence-corrected chi connectivity index (χ0v) is 18.4. The molecule has 0 aliphatic carbocycles. The third-order valence-electron chi connectivity index (χ3n) is 5.87. The SMILES string of the molecule is O=C(Cc1coc(-c2ccn(-c3ccccc3)n2)c1)NCN1CCN(c2ccccc2)CC1. The van der Waals surface area contributed by atoms with Crippen LogP contribution in [0.2, 0.25) is 0 Å². The highest BCUT2D eigenvalue weighted by Gasteiger charge is 2.18. The fourth-order valence-electron chi connectivity index (χ4n) is 4.03. The van der Waals surface area contributed by atoms with Crippen LogP contribution in [0.15, 0.2) is 89.7 Å². The lowest BCUT2D eigenvalue weighted by Crippen LogP contribution is -2.50. The third-order valence-corrected chi connectivity index (χ3v) is 5.87. The van der Waals surface area contributed by atoms with E-state index in [2.05, 4.69) is 44.5 Å². The van der Waals surface area contributed by atoms with Gasteiger partial charge in [-0.15, -0.1) is 0 Å². The van der Waals surface area contributed by atoms with Gasteiger partial charge in [0.25, 0.3) is 0 Å². The third kappa shape index (κ3) is 5.15. The van der Waals surface area contributed by atoms with Crippen molar-refractivity contribution >= 4 is 11.6 Å². The fourth-order valence-corrected chi connectivity index (χ4v) is 4.03. The maximum absolute atomic E-state index is 12.5. The van der Waals surface area contributed by atoms with Crippen LogP contribution in [-0.2, 0) is 11.2 Å². The summed E-state index contributed by atoms with van der Waals surface area (Å²) in [7, 11) is 0. The Morgan fingerprint density at radius 1 is 0.909 bits per heavy atom. The minimum absolute atomic E-state index is 0.0114. The molecule has 2 aromatic carbocycles. The van der Waals surface area contributed by atoms with E-state index in [-0.39, 0.29) is 12.3 Å². The summed E-state index contributed by atoms with van der Waals surface area (Å²) in [5.41, 5.74) is 3.82. The molecular formula is C26H27N5O2. The molecule has 0 unspecified atom stereocenters. The average Bonchev–Trinajstić information content (AvgIpc) is 3.54. The van der Waals surface area contributed by atoms with Gasteiger partial charge in [-0.1, -0.05) is 36.4 Å². The van der Waals surface area contributed by atoms with E-state index in [9.17, 15) is 4.79 Å². The Morgan fingerprint density at radius 3 is 2.33 bits per heavy atom. The van der Waals surface area contributed by atoms with Crippen LogP contribution in [-0.4, -0.2) is 53.4 Å². The number of para-hydroxylation sites is 2. The Kier molecular flexibility index (Phi) is 6.21. The number of benzene rings is 2. The molecule has 1 fully saturated rings. The molecule has 2 aromatic heterocycles. The van der Waals surface area contributed by atoms with E-state index in [0.29, 0.717) is 12.4 Å². The van der Waals surface area contributed by atoms with Crippen molar-refractivity contribution in [2.24, 2.45) is 0 Å². The fraction of sp³-hybridized carbons (Fsp3) is 0.231. The molecule has 0 atom stereocenters. The summed E-state index contributed by atoms with van der Waals surface area (Å²) in [4.78, 5) is 17.1. The van der Waals surface area contributed by atoms with Crippen LogP contribution in [0.5, 0.6) is 0 Å². The summed E-state index contributed by atoms with van der Waals surface area (Å²) in [5.74, 6) is 0.646. The van der Waals surface area contributed by atoms with Crippen molar-refractivity contribution in [1.82, 2.24) is 20.0 Å². The zero-order chi connectivity index (χ0) is 22.5. The lowest BCUT2D eigenvalue weighted by Gasteiger charge is -2.36. The first-order valence-electron chi connectivity index (χ1n) is 11.2. The van der Waals surface area contributed by atoms with E-state index in [1.165, 1.54) is 5.69 Å². The molecule has 3 heterocycles. The molecule has 1 saturated heterocycles. The van der Waals surface area contributed by atoms with Gasteiger partial charge in [0.1, 0.15) is 5.69 Å². The van der Waals surface area contributed by atoms with Gasteiger partial charge in [0.05, 0.1) is 25.0 Å². The van der Waals surface area contributed by atoms with Crippen LogP contribution in [0.25, 0.3) is 17.1 Å². The van der Waals surface area contributed by atoms with Crippen LogP contribution in [0.3, 0.4) is 0 Å². The standard InChI is InChI=1S/C26H27N5O2/c32-26(27-20-29-13-15-30(16-14-29)22-7-3-1-4-8-22)18-21-17-25(33-19-21)24-11-12-31(28-24)23-9-5-2-6-10-23/h1-12,17,19H,13-16,18,20H2,(H,27,32). The minimum atomic E-state index is -0.0114. The first-order valence-corrected chi connectivity index (χ1v) is 11.2. The van der Waals surface area contributed by atoms with Gasteiger partial charge in [0, 0.05) is 43.6 Å². The Labute approximate surface area is 193 Å². The number of piperazine rings is 1. The molecule has 1 aliphatic rings. The Hall–Kier alpha value is -3.84. The van der Waals surface area contributed by atoms with Crippen LogP contribution in [0.1, 0.15) is 5.56 Å². The average molecular weight is 442 g/mol. The number of hydrogen-bond donors (Lipinski definition) is 1. The maximum atomic E-state index is 12.5. The maximum Gasteiger partial charge on any atom is 0.225 e. The number of hydrogen-bond acceptors (Lipinski definition) is 5. The molecule has 1 amide bonds. The summed E-state index contributed by atoms with van der Waals surface area (Å²) in [6.07, 6.45) is 3.82. The lowest BCUT2D eigenvalue weighted by molar-refractivity contribution is -0.121. The largest absolute Gasteiger partial charge is 0.462 e. The quantitative estimate of drug-likeness (QED) is 0.475. The van der Waals surface area contributed by atoms with Gasteiger partial charge in [-0.3, -0.25) is 9.69 Å². The Morgan fingerprint density at radius 2 is 1.61 bits per heavy atom. The first-order chi connectivity index (χ1) is 16.2. The minimum Gasteiger partial charge on any atom is -0.462 e. The monoisotopic (exact) mass is 441 g/mol. The van der Waals surface area contributed by atoms with Crippen molar-refractivity contribution in [2.75, 3.05) is 37.7 Å². The molecule has 5 rings (SSSR count). The van der Waals surface area contributed by atoms with Crippen molar-refractivity contribution in [3.05, 3.63) is 90.8 Å². The van der Waals surface area contributed by atoms with Crippen LogP contribution in [0, 0.1) is 0 Å². The molecule has 7 heteroatoms. The molecule has 1 aliphatic heterocycles. The number of carbonyl (C=O) groups is 1. The van der Waals surface area contributed by atoms with Crippen LogP contribution in [0.4, 0.5) is 5.69 Å². The summed E-state index contributed by atoms with van der Waals surface area (Å²) in [6.45, 7) is 4.33. The number of furan rings is 1. The highest BCUT2D eigenvalue weighted by atomic mass is 16.3. The number of carbonyl (C=O) groups excluding carboxylic acids is 1. The lowest BCUT2D eigenvalue weighted by atomic mass is 10.2. The highest BCUT2D eigenvalue weighted by Crippen LogP contribution is 2.22. The first kappa shape index (κ1) is 21.0. The topological polar surface area (TPSA) is 66.5 Å². The number of anilines is 1. The number of aromatic nitrogens is 2. The van der Waals surface area contributed by atoms with Crippen molar-refractivity contribution in [2.45, 2.75) is 6.42 Å². The van der Waals surface area contributed by atoms with E-state index in [1.54, 1.807) is 6.26 Å². The molecule has 0 radical (unpaired) electrons. The molecule has 0 saturated carbocycles. The molecule has 33 heavy (non-hydrogen) atoms. The van der Waals surface area contributed by atoms with Gasteiger partial charge in [-0.2, -0.15) is 5.10 Å². The second-order valence-electron chi connectivity index (χ2n) is 8.18. The number of amides is 1. The summed E-state index contributed by atoms with van der Waals surface area (Å²) in [5, 5.41) is 7.62. The van der Waals surface area contributed by atoms with Crippen molar-refractivity contribution < 1.29 is 9.21 Å². The van der Waals surface area contributed by atoms with Crippen LogP contribution >= 0.6 is 0 Å².